The van der Waals surface area contributed by atoms with Crippen LogP contribution < -0.4 is 0 Å². The zero-order chi connectivity index (χ0) is 17.2. The number of benzene rings is 1. The quantitative estimate of drug-likeness (QED) is 0.484. The Bertz CT molecular complexity index is 955. The van der Waals surface area contributed by atoms with Crippen molar-refractivity contribution < 1.29 is 4.42 Å². The number of hydrogen-bond acceptors (Lipinski definition) is 5. The molecule has 0 radical (unpaired) electrons. The van der Waals surface area contributed by atoms with E-state index in [-0.39, 0.29) is 0 Å². The molecular weight excluding hydrogens is 332 g/mol. The Morgan fingerprint density at radius 1 is 1.08 bits per heavy atom. The van der Waals surface area contributed by atoms with Crippen LogP contribution in [-0.2, 0) is 5.75 Å². The lowest BCUT2D eigenvalue weighted by atomic mass is 10.0. The van der Waals surface area contributed by atoms with Gasteiger partial charge in [0.05, 0.1) is 5.69 Å². The minimum Gasteiger partial charge on any atom is -0.411 e. The van der Waals surface area contributed by atoms with Crippen LogP contribution in [-0.4, -0.2) is 19.6 Å². The van der Waals surface area contributed by atoms with Gasteiger partial charge in [0.15, 0.2) is 0 Å². The number of imidazole rings is 1. The van der Waals surface area contributed by atoms with Crippen molar-refractivity contribution in [3.8, 4) is 11.5 Å². The number of thioether (sulfide) groups is 1. The first-order valence-electron chi connectivity index (χ1n) is 8.18. The second-order valence-electron chi connectivity index (χ2n) is 6.14. The molecule has 3 heterocycles. The fraction of sp³-hybridized carbons (Fsp3) is 0.211. The number of hydrogen-bond donors (Lipinski definition) is 0. The predicted octanol–water partition coefficient (Wildman–Crippen LogP) is 4.80. The first-order chi connectivity index (χ1) is 12.2. The Labute approximate surface area is 150 Å². The molecule has 6 heteroatoms. The molecule has 0 aliphatic carbocycles. The van der Waals surface area contributed by atoms with Gasteiger partial charge >= 0.3 is 0 Å². The van der Waals surface area contributed by atoms with E-state index in [1.54, 1.807) is 0 Å². The Balaban J connectivity index is 1.45. The SMILES string of the molecule is CC(C)c1ccc(-c2nnc(SCc3cn4ccccc4n3)o2)cc1. The van der Waals surface area contributed by atoms with E-state index in [0.29, 0.717) is 22.8 Å². The van der Waals surface area contributed by atoms with Gasteiger partial charge in [0.2, 0.25) is 5.89 Å². The van der Waals surface area contributed by atoms with Gasteiger partial charge in [-0.3, -0.25) is 0 Å². The number of aromatic nitrogens is 4. The fourth-order valence-corrected chi connectivity index (χ4v) is 3.23. The Morgan fingerprint density at radius 3 is 2.68 bits per heavy atom. The van der Waals surface area contributed by atoms with Gasteiger partial charge in [-0.2, -0.15) is 0 Å². The number of pyridine rings is 1. The van der Waals surface area contributed by atoms with E-state index in [1.807, 2.05) is 47.1 Å². The van der Waals surface area contributed by atoms with E-state index in [9.17, 15) is 0 Å². The summed E-state index contributed by atoms with van der Waals surface area (Å²) in [5, 5.41) is 8.84. The molecule has 4 aromatic rings. The third kappa shape index (κ3) is 3.44. The number of nitrogens with zero attached hydrogens (tertiary/aromatic N) is 4. The molecule has 0 aliphatic rings. The standard InChI is InChI=1S/C19H18N4OS/c1-13(2)14-6-8-15(9-7-14)18-21-22-19(24-18)25-12-16-11-23-10-4-3-5-17(23)20-16/h3-11,13H,12H2,1-2H3. The zero-order valence-electron chi connectivity index (χ0n) is 14.1. The molecule has 0 atom stereocenters. The van der Waals surface area contributed by atoms with E-state index < -0.39 is 0 Å². The zero-order valence-corrected chi connectivity index (χ0v) is 14.9. The normalized spacial score (nSPS) is 11.5. The van der Waals surface area contributed by atoms with Crippen LogP contribution in [0, 0.1) is 0 Å². The molecule has 0 fully saturated rings. The molecule has 0 aliphatic heterocycles. The van der Waals surface area contributed by atoms with Gasteiger partial charge in [-0.05, 0) is 35.7 Å². The van der Waals surface area contributed by atoms with E-state index in [2.05, 4.69) is 41.2 Å². The molecule has 0 saturated heterocycles. The lowest BCUT2D eigenvalue weighted by Crippen LogP contribution is -1.86. The van der Waals surface area contributed by atoms with Crippen LogP contribution >= 0.6 is 11.8 Å². The highest BCUT2D eigenvalue weighted by molar-refractivity contribution is 7.98. The van der Waals surface area contributed by atoms with Crippen LogP contribution in [0.15, 0.2) is 64.5 Å². The smallest absolute Gasteiger partial charge is 0.277 e. The average Bonchev–Trinajstić information content (AvgIpc) is 3.26. The van der Waals surface area contributed by atoms with Crippen LogP contribution in [0.3, 0.4) is 0 Å². The van der Waals surface area contributed by atoms with E-state index in [0.717, 1.165) is 16.9 Å². The van der Waals surface area contributed by atoms with Crippen LogP contribution in [0.5, 0.6) is 0 Å². The van der Waals surface area contributed by atoms with Crippen molar-refractivity contribution in [3.05, 3.63) is 66.1 Å². The maximum Gasteiger partial charge on any atom is 0.277 e. The predicted molar refractivity (Wildman–Crippen MR) is 98.6 cm³/mol. The van der Waals surface area contributed by atoms with Gasteiger partial charge in [-0.15, -0.1) is 10.2 Å². The third-order valence-electron chi connectivity index (χ3n) is 3.99. The highest BCUT2D eigenvalue weighted by Gasteiger charge is 2.11. The van der Waals surface area contributed by atoms with Crippen molar-refractivity contribution in [1.29, 1.82) is 0 Å². The van der Waals surface area contributed by atoms with Gasteiger partial charge in [0, 0.05) is 23.7 Å². The largest absolute Gasteiger partial charge is 0.411 e. The van der Waals surface area contributed by atoms with Crippen molar-refractivity contribution >= 4 is 17.4 Å². The molecule has 25 heavy (non-hydrogen) atoms. The number of fused-ring (bicyclic) bond motifs is 1. The van der Waals surface area contributed by atoms with E-state index in [1.165, 1.54) is 17.3 Å². The molecule has 0 amide bonds. The lowest BCUT2D eigenvalue weighted by molar-refractivity contribution is 0.466. The summed E-state index contributed by atoms with van der Waals surface area (Å²) in [5.74, 6) is 1.75. The van der Waals surface area contributed by atoms with Crippen molar-refractivity contribution in [3.63, 3.8) is 0 Å². The Hall–Kier alpha value is -2.60. The van der Waals surface area contributed by atoms with Gasteiger partial charge in [0.1, 0.15) is 5.65 Å². The molecule has 1 aromatic carbocycles. The summed E-state index contributed by atoms with van der Waals surface area (Å²) < 4.78 is 7.78. The van der Waals surface area contributed by atoms with Crippen molar-refractivity contribution in [2.24, 2.45) is 0 Å². The summed E-state index contributed by atoms with van der Waals surface area (Å²) in [5.41, 5.74) is 4.16. The van der Waals surface area contributed by atoms with Crippen LogP contribution in [0.1, 0.15) is 31.0 Å². The molecule has 0 spiro atoms. The summed E-state index contributed by atoms with van der Waals surface area (Å²) in [6.45, 7) is 4.35. The molecule has 0 N–H and O–H groups in total. The second-order valence-corrected chi connectivity index (χ2v) is 7.06. The molecule has 4 rings (SSSR count). The average molecular weight is 350 g/mol. The molecule has 5 nitrogen and oxygen atoms in total. The van der Waals surface area contributed by atoms with E-state index >= 15 is 0 Å². The van der Waals surface area contributed by atoms with Gasteiger partial charge < -0.3 is 8.82 Å². The van der Waals surface area contributed by atoms with Crippen molar-refractivity contribution in [2.75, 3.05) is 0 Å². The van der Waals surface area contributed by atoms with E-state index in [4.69, 9.17) is 4.42 Å². The monoisotopic (exact) mass is 350 g/mol. The van der Waals surface area contributed by atoms with Gasteiger partial charge in [-0.25, -0.2) is 4.98 Å². The molecule has 0 saturated carbocycles. The first kappa shape index (κ1) is 15.9. The Morgan fingerprint density at radius 2 is 1.92 bits per heavy atom. The lowest BCUT2D eigenvalue weighted by Gasteiger charge is -2.04. The summed E-state index contributed by atoms with van der Waals surface area (Å²) in [7, 11) is 0. The molecule has 0 unspecified atom stereocenters. The maximum absolute atomic E-state index is 5.77. The minimum absolute atomic E-state index is 0.508. The highest BCUT2D eigenvalue weighted by Crippen LogP contribution is 2.26. The third-order valence-corrected chi connectivity index (χ3v) is 4.84. The fourth-order valence-electron chi connectivity index (χ4n) is 2.59. The summed E-state index contributed by atoms with van der Waals surface area (Å²) in [4.78, 5) is 4.57. The maximum atomic E-state index is 5.77. The van der Waals surface area contributed by atoms with Crippen molar-refractivity contribution in [2.45, 2.75) is 30.7 Å². The van der Waals surface area contributed by atoms with Crippen LogP contribution in [0.4, 0.5) is 0 Å². The topological polar surface area (TPSA) is 56.2 Å². The molecule has 3 aromatic heterocycles. The van der Waals surface area contributed by atoms with Gasteiger partial charge in [-0.1, -0.05) is 43.8 Å². The molecule has 0 bridgehead atoms. The molecule has 126 valence electrons. The number of rotatable bonds is 5. The minimum atomic E-state index is 0.508. The van der Waals surface area contributed by atoms with Crippen LogP contribution in [0.2, 0.25) is 0 Å². The van der Waals surface area contributed by atoms with Crippen molar-refractivity contribution in [1.82, 2.24) is 19.6 Å². The van der Waals surface area contributed by atoms with Crippen LogP contribution in [0.25, 0.3) is 17.1 Å². The molecular formula is C19H18N4OS. The van der Waals surface area contributed by atoms with Gasteiger partial charge in [0.25, 0.3) is 5.22 Å². The second kappa shape index (κ2) is 6.72. The Kier molecular flexibility index (Phi) is 4.28. The highest BCUT2D eigenvalue weighted by atomic mass is 32.2. The summed E-state index contributed by atoms with van der Waals surface area (Å²) in [6.07, 6.45) is 4.01. The summed E-state index contributed by atoms with van der Waals surface area (Å²) >= 11 is 1.50. The summed E-state index contributed by atoms with van der Waals surface area (Å²) in [6, 6.07) is 14.2. The first-order valence-corrected chi connectivity index (χ1v) is 9.17.